The molecule has 0 saturated heterocycles. The summed E-state index contributed by atoms with van der Waals surface area (Å²) in [6.45, 7) is 2.75. The van der Waals surface area contributed by atoms with Crippen molar-refractivity contribution in [3.05, 3.63) is 51.7 Å². The van der Waals surface area contributed by atoms with Crippen LogP contribution in [-0.4, -0.2) is 45.0 Å². The van der Waals surface area contributed by atoms with Crippen molar-refractivity contribution < 1.29 is 4.74 Å². The largest absolute Gasteiger partial charge is 0.383 e. The summed E-state index contributed by atoms with van der Waals surface area (Å²) in [7, 11) is 3.76. The lowest BCUT2D eigenvalue weighted by Crippen LogP contribution is -2.22. The molecular weight excluding hydrogens is 354 g/mol. The SMILES string of the molecule is COCCn1c(-c2ccncc2)nn(CN(C)Cc2ccsc2)c1=S. The molecule has 3 rings (SSSR count). The maximum atomic E-state index is 5.66. The second-order valence-electron chi connectivity index (χ2n) is 5.77. The Morgan fingerprint density at radius 2 is 2.08 bits per heavy atom. The Hall–Kier alpha value is -1.87. The van der Waals surface area contributed by atoms with Crippen molar-refractivity contribution in [2.75, 3.05) is 20.8 Å². The van der Waals surface area contributed by atoms with Crippen LogP contribution in [0.4, 0.5) is 0 Å². The number of rotatable bonds is 8. The second-order valence-corrected chi connectivity index (χ2v) is 6.92. The van der Waals surface area contributed by atoms with Crippen LogP contribution >= 0.6 is 23.6 Å². The molecule has 0 aliphatic carbocycles. The first-order chi connectivity index (χ1) is 12.2. The summed E-state index contributed by atoms with van der Waals surface area (Å²) in [6, 6.07) is 6.03. The molecule has 3 heterocycles. The average molecular weight is 376 g/mol. The smallest absolute Gasteiger partial charge is 0.199 e. The van der Waals surface area contributed by atoms with E-state index >= 15 is 0 Å². The molecule has 0 saturated carbocycles. The molecule has 132 valence electrons. The van der Waals surface area contributed by atoms with E-state index < -0.39 is 0 Å². The summed E-state index contributed by atoms with van der Waals surface area (Å²) in [5.74, 6) is 0.841. The van der Waals surface area contributed by atoms with Crippen LogP contribution in [0, 0.1) is 4.77 Å². The van der Waals surface area contributed by atoms with E-state index in [9.17, 15) is 0 Å². The van der Waals surface area contributed by atoms with Gasteiger partial charge >= 0.3 is 0 Å². The van der Waals surface area contributed by atoms with Crippen molar-refractivity contribution in [3.63, 3.8) is 0 Å². The average Bonchev–Trinajstić information content (AvgIpc) is 3.23. The normalized spacial score (nSPS) is 11.3. The molecule has 0 fully saturated rings. The maximum Gasteiger partial charge on any atom is 0.199 e. The molecule has 25 heavy (non-hydrogen) atoms. The van der Waals surface area contributed by atoms with Gasteiger partial charge in [-0.05, 0) is 53.8 Å². The Kier molecular flexibility index (Phi) is 6.09. The summed E-state index contributed by atoms with van der Waals surface area (Å²) in [4.78, 5) is 6.28. The Labute approximate surface area is 156 Å². The number of hydrogen-bond donors (Lipinski definition) is 0. The molecule has 8 heteroatoms. The fourth-order valence-electron chi connectivity index (χ4n) is 2.60. The van der Waals surface area contributed by atoms with Gasteiger partial charge in [-0.3, -0.25) is 14.5 Å². The Morgan fingerprint density at radius 3 is 2.76 bits per heavy atom. The predicted molar refractivity (Wildman–Crippen MR) is 102 cm³/mol. The van der Waals surface area contributed by atoms with Crippen LogP contribution < -0.4 is 0 Å². The molecule has 0 spiro atoms. The molecule has 0 aliphatic heterocycles. The molecule has 0 radical (unpaired) electrons. The van der Waals surface area contributed by atoms with Crippen LogP contribution in [-0.2, 0) is 24.5 Å². The van der Waals surface area contributed by atoms with Crippen LogP contribution in [0.15, 0.2) is 41.4 Å². The zero-order valence-corrected chi connectivity index (χ0v) is 16.0. The van der Waals surface area contributed by atoms with E-state index in [2.05, 4.69) is 33.8 Å². The van der Waals surface area contributed by atoms with Crippen molar-refractivity contribution in [2.24, 2.45) is 0 Å². The quantitative estimate of drug-likeness (QED) is 0.566. The third-order valence-corrected chi connectivity index (χ3v) is 4.95. The molecular formula is C17H21N5OS2. The molecule has 0 bridgehead atoms. The Balaban J connectivity index is 1.86. The van der Waals surface area contributed by atoms with Gasteiger partial charge in [-0.2, -0.15) is 16.4 Å². The van der Waals surface area contributed by atoms with Gasteiger partial charge in [-0.15, -0.1) is 0 Å². The van der Waals surface area contributed by atoms with Gasteiger partial charge in [0, 0.05) is 31.6 Å². The summed E-state index contributed by atoms with van der Waals surface area (Å²) in [5.41, 5.74) is 2.30. The molecule has 3 aromatic heterocycles. The van der Waals surface area contributed by atoms with E-state index in [0.29, 0.717) is 24.6 Å². The fraction of sp³-hybridized carbons (Fsp3) is 0.353. The first-order valence-electron chi connectivity index (χ1n) is 7.95. The van der Waals surface area contributed by atoms with E-state index in [0.717, 1.165) is 17.9 Å². The van der Waals surface area contributed by atoms with Gasteiger partial charge in [-0.1, -0.05) is 0 Å². The van der Waals surface area contributed by atoms with Crippen LogP contribution in [0.25, 0.3) is 11.4 Å². The summed E-state index contributed by atoms with van der Waals surface area (Å²) < 4.78 is 9.81. The molecule has 0 atom stereocenters. The van der Waals surface area contributed by atoms with Crippen molar-refractivity contribution >= 4 is 23.6 Å². The van der Waals surface area contributed by atoms with Crippen molar-refractivity contribution in [3.8, 4) is 11.4 Å². The number of nitrogens with zero attached hydrogens (tertiary/aromatic N) is 5. The number of aromatic nitrogens is 4. The van der Waals surface area contributed by atoms with Gasteiger partial charge in [0.05, 0.1) is 19.8 Å². The molecule has 3 aromatic rings. The zero-order chi connectivity index (χ0) is 17.6. The number of hydrogen-bond acceptors (Lipinski definition) is 6. The highest BCUT2D eigenvalue weighted by atomic mass is 32.1. The minimum atomic E-state index is 0.586. The van der Waals surface area contributed by atoms with Gasteiger partial charge in [0.2, 0.25) is 0 Å². The molecule has 0 aromatic carbocycles. The van der Waals surface area contributed by atoms with E-state index in [1.165, 1.54) is 5.56 Å². The maximum absolute atomic E-state index is 5.66. The highest BCUT2D eigenvalue weighted by Crippen LogP contribution is 2.18. The summed E-state index contributed by atoms with van der Waals surface area (Å²) in [5, 5.41) is 9.01. The van der Waals surface area contributed by atoms with E-state index in [1.807, 2.05) is 21.4 Å². The molecule has 6 nitrogen and oxygen atoms in total. The number of thiophene rings is 1. The van der Waals surface area contributed by atoms with E-state index in [4.69, 9.17) is 22.1 Å². The summed E-state index contributed by atoms with van der Waals surface area (Å²) >= 11 is 7.37. The van der Waals surface area contributed by atoms with Crippen LogP contribution in [0.1, 0.15) is 5.56 Å². The summed E-state index contributed by atoms with van der Waals surface area (Å²) in [6.07, 6.45) is 3.53. The highest BCUT2D eigenvalue weighted by molar-refractivity contribution is 7.71. The van der Waals surface area contributed by atoms with E-state index in [-0.39, 0.29) is 0 Å². The topological polar surface area (TPSA) is 48.1 Å². The monoisotopic (exact) mass is 375 g/mol. The minimum Gasteiger partial charge on any atom is -0.383 e. The Bertz CT molecular complexity index is 842. The lowest BCUT2D eigenvalue weighted by atomic mass is 10.2. The number of ether oxygens (including phenoxy) is 1. The van der Waals surface area contributed by atoms with Gasteiger partial charge < -0.3 is 4.74 Å². The fourth-order valence-corrected chi connectivity index (χ4v) is 3.54. The van der Waals surface area contributed by atoms with Crippen LogP contribution in [0.5, 0.6) is 0 Å². The van der Waals surface area contributed by atoms with E-state index in [1.54, 1.807) is 30.8 Å². The molecule has 0 amide bonds. The highest BCUT2D eigenvalue weighted by Gasteiger charge is 2.14. The van der Waals surface area contributed by atoms with Crippen LogP contribution in [0.2, 0.25) is 0 Å². The van der Waals surface area contributed by atoms with Crippen molar-refractivity contribution in [1.29, 1.82) is 0 Å². The standard InChI is InChI=1S/C17H21N5OS2/c1-20(11-14-5-10-25-12-14)13-22-17(24)21(8-9-23-2)16(19-22)15-3-6-18-7-4-15/h3-7,10,12H,8-9,11,13H2,1-2H3. The van der Waals surface area contributed by atoms with Gasteiger partial charge in [0.15, 0.2) is 10.6 Å². The molecule has 0 aliphatic rings. The van der Waals surface area contributed by atoms with Crippen molar-refractivity contribution in [1.82, 2.24) is 24.2 Å². The second kappa shape index (κ2) is 8.48. The number of pyridine rings is 1. The Morgan fingerprint density at radius 1 is 1.28 bits per heavy atom. The first-order valence-corrected chi connectivity index (χ1v) is 9.30. The van der Waals surface area contributed by atoms with Gasteiger partial charge in [0.1, 0.15) is 0 Å². The first kappa shape index (κ1) is 17.9. The third-order valence-electron chi connectivity index (χ3n) is 3.79. The third kappa shape index (κ3) is 4.40. The lowest BCUT2D eigenvalue weighted by Gasteiger charge is -2.15. The van der Waals surface area contributed by atoms with Gasteiger partial charge in [0.25, 0.3) is 0 Å². The molecule has 0 N–H and O–H groups in total. The lowest BCUT2D eigenvalue weighted by molar-refractivity contribution is 0.186. The predicted octanol–water partition coefficient (Wildman–Crippen LogP) is 3.27. The number of methoxy groups -OCH3 is 1. The van der Waals surface area contributed by atoms with Crippen LogP contribution in [0.3, 0.4) is 0 Å². The van der Waals surface area contributed by atoms with Gasteiger partial charge in [-0.25, -0.2) is 4.68 Å². The molecule has 0 unspecified atom stereocenters. The zero-order valence-electron chi connectivity index (χ0n) is 14.3. The minimum absolute atomic E-state index is 0.586. The van der Waals surface area contributed by atoms with Crippen molar-refractivity contribution in [2.45, 2.75) is 19.8 Å².